The van der Waals surface area contributed by atoms with Gasteiger partial charge in [-0.15, -0.1) is 0 Å². The van der Waals surface area contributed by atoms with E-state index in [-0.39, 0.29) is 12.2 Å². The molecule has 0 aromatic heterocycles. The van der Waals surface area contributed by atoms with Gasteiger partial charge in [-0.2, -0.15) is 0 Å². The SMILES string of the molecule is Cc1ccc(CNC(=O)COC(=O)c2ccc(F)cc2)cc1. The predicted molar refractivity (Wildman–Crippen MR) is 79.7 cm³/mol. The van der Waals surface area contributed by atoms with Crippen molar-refractivity contribution in [2.45, 2.75) is 13.5 Å². The summed E-state index contributed by atoms with van der Waals surface area (Å²) in [5.41, 5.74) is 2.31. The summed E-state index contributed by atoms with van der Waals surface area (Å²) in [6.45, 7) is 1.98. The van der Waals surface area contributed by atoms with Crippen molar-refractivity contribution in [1.29, 1.82) is 0 Å². The molecule has 0 bridgehead atoms. The minimum absolute atomic E-state index is 0.202. The van der Waals surface area contributed by atoms with E-state index >= 15 is 0 Å². The van der Waals surface area contributed by atoms with Crippen molar-refractivity contribution in [2.24, 2.45) is 0 Å². The van der Waals surface area contributed by atoms with Gasteiger partial charge < -0.3 is 10.1 Å². The number of halogens is 1. The van der Waals surface area contributed by atoms with Crippen LogP contribution in [0.1, 0.15) is 21.5 Å². The maximum atomic E-state index is 12.7. The average molecular weight is 301 g/mol. The molecule has 0 aliphatic rings. The lowest BCUT2D eigenvalue weighted by molar-refractivity contribution is -0.124. The number of benzene rings is 2. The highest BCUT2D eigenvalue weighted by Crippen LogP contribution is 2.05. The maximum absolute atomic E-state index is 12.7. The molecular formula is C17H16FNO3. The van der Waals surface area contributed by atoms with Crippen molar-refractivity contribution in [2.75, 3.05) is 6.61 Å². The molecule has 1 amide bonds. The number of rotatable bonds is 5. The number of hydrogen-bond acceptors (Lipinski definition) is 3. The summed E-state index contributed by atoms with van der Waals surface area (Å²) >= 11 is 0. The Labute approximate surface area is 127 Å². The molecule has 0 saturated heterocycles. The van der Waals surface area contributed by atoms with Crippen molar-refractivity contribution in [3.8, 4) is 0 Å². The first-order valence-electron chi connectivity index (χ1n) is 6.79. The molecule has 2 aromatic carbocycles. The smallest absolute Gasteiger partial charge is 0.338 e. The first-order chi connectivity index (χ1) is 10.5. The third-order valence-corrected chi connectivity index (χ3v) is 3.02. The molecular weight excluding hydrogens is 285 g/mol. The molecule has 0 spiro atoms. The fourth-order valence-electron chi connectivity index (χ4n) is 1.76. The van der Waals surface area contributed by atoms with Gasteiger partial charge in [-0.3, -0.25) is 4.79 Å². The van der Waals surface area contributed by atoms with Crippen molar-refractivity contribution in [1.82, 2.24) is 5.32 Å². The quantitative estimate of drug-likeness (QED) is 0.864. The lowest BCUT2D eigenvalue weighted by Crippen LogP contribution is -2.28. The van der Waals surface area contributed by atoms with Gasteiger partial charge in [0.05, 0.1) is 5.56 Å². The number of amides is 1. The van der Waals surface area contributed by atoms with Gasteiger partial charge in [-0.25, -0.2) is 9.18 Å². The third-order valence-electron chi connectivity index (χ3n) is 3.02. The monoisotopic (exact) mass is 301 g/mol. The van der Waals surface area contributed by atoms with Crippen molar-refractivity contribution >= 4 is 11.9 Å². The van der Waals surface area contributed by atoms with E-state index in [4.69, 9.17) is 4.74 Å². The number of aryl methyl sites for hydroxylation is 1. The Morgan fingerprint density at radius 1 is 1.05 bits per heavy atom. The Kier molecular flexibility index (Phi) is 5.25. The Morgan fingerprint density at radius 3 is 2.32 bits per heavy atom. The Hall–Kier alpha value is -2.69. The van der Waals surface area contributed by atoms with Crippen LogP contribution in [0.25, 0.3) is 0 Å². The minimum atomic E-state index is -0.662. The Balaban J connectivity index is 1.76. The van der Waals surface area contributed by atoms with Crippen LogP contribution in [-0.2, 0) is 16.1 Å². The fourth-order valence-corrected chi connectivity index (χ4v) is 1.76. The highest BCUT2D eigenvalue weighted by molar-refractivity contribution is 5.91. The van der Waals surface area contributed by atoms with Gasteiger partial charge in [0.1, 0.15) is 5.82 Å². The third kappa shape index (κ3) is 4.70. The lowest BCUT2D eigenvalue weighted by Gasteiger charge is -2.07. The molecule has 0 radical (unpaired) electrons. The van der Waals surface area contributed by atoms with Gasteiger partial charge in [0, 0.05) is 6.54 Å². The molecule has 2 aromatic rings. The molecule has 0 unspecified atom stereocenters. The zero-order chi connectivity index (χ0) is 15.9. The minimum Gasteiger partial charge on any atom is -0.452 e. The van der Waals surface area contributed by atoms with Gasteiger partial charge in [-0.05, 0) is 36.8 Å². The molecule has 0 fully saturated rings. The van der Waals surface area contributed by atoms with E-state index in [2.05, 4.69) is 5.32 Å². The molecule has 4 nitrogen and oxygen atoms in total. The molecule has 0 saturated carbocycles. The van der Waals surface area contributed by atoms with Gasteiger partial charge in [0.2, 0.25) is 0 Å². The first-order valence-corrected chi connectivity index (χ1v) is 6.79. The van der Waals surface area contributed by atoms with E-state index in [0.29, 0.717) is 6.54 Å². The summed E-state index contributed by atoms with van der Waals surface area (Å²) < 4.78 is 17.6. The summed E-state index contributed by atoms with van der Waals surface area (Å²) in [5, 5.41) is 2.66. The number of hydrogen-bond donors (Lipinski definition) is 1. The highest BCUT2D eigenvalue weighted by atomic mass is 19.1. The molecule has 0 aliphatic heterocycles. The van der Waals surface area contributed by atoms with Crippen LogP contribution in [0, 0.1) is 12.7 Å². The van der Waals surface area contributed by atoms with Crippen molar-refractivity contribution in [3.05, 3.63) is 71.0 Å². The molecule has 0 heterocycles. The molecule has 114 valence electrons. The molecule has 1 N–H and O–H groups in total. The van der Waals surface area contributed by atoms with Gasteiger partial charge >= 0.3 is 5.97 Å². The summed E-state index contributed by atoms with van der Waals surface area (Å²) in [5.74, 6) is -1.49. The molecule has 5 heteroatoms. The van der Waals surface area contributed by atoms with Crippen molar-refractivity contribution < 1.29 is 18.7 Å². The van der Waals surface area contributed by atoms with E-state index in [1.807, 2.05) is 31.2 Å². The molecule has 0 atom stereocenters. The number of carbonyl (C=O) groups excluding carboxylic acids is 2. The second-order valence-corrected chi connectivity index (χ2v) is 4.85. The van der Waals surface area contributed by atoms with Crippen LogP contribution in [-0.4, -0.2) is 18.5 Å². The zero-order valence-corrected chi connectivity index (χ0v) is 12.1. The van der Waals surface area contributed by atoms with E-state index < -0.39 is 17.7 Å². The Morgan fingerprint density at radius 2 is 1.68 bits per heavy atom. The molecule has 2 rings (SSSR count). The van der Waals surface area contributed by atoms with Crippen LogP contribution < -0.4 is 5.32 Å². The van der Waals surface area contributed by atoms with E-state index in [1.54, 1.807) is 0 Å². The standard InChI is InChI=1S/C17H16FNO3/c1-12-2-4-13(5-3-12)10-19-16(20)11-22-17(21)14-6-8-15(18)9-7-14/h2-9H,10-11H2,1H3,(H,19,20). The number of nitrogens with one attached hydrogen (secondary N) is 1. The average Bonchev–Trinajstić information content (AvgIpc) is 2.52. The zero-order valence-electron chi connectivity index (χ0n) is 12.1. The topological polar surface area (TPSA) is 55.4 Å². The highest BCUT2D eigenvalue weighted by Gasteiger charge is 2.10. The second kappa shape index (κ2) is 7.36. The normalized spacial score (nSPS) is 10.1. The summed E-state index contributed by atoms with van der Waals surface area (Å²) in [6, 6.07) is 12.7. The van der Waals surface area contributed by atoms with Crippen LogP contribution >= 0.6 is 0 Å². The van der Waals surface area contributed by atoms with Gasteiger partial charge in [0.25, 0.3) is 5.91 Å². The Bertz CT molecular complexity index is 651. The fraction of sp³-hybridized carbons (Fsp3) is 0.176. The summed E-state index contributed by atoms with van der Waals surface area (Å²) in [7, 11) is 0. The molecule has 22 heavy (non-hydrogen) atoms. The number of carbonyl (C=O) groups is 2. The number of ether oxygens (including phenoxy) is 1. The lowest BCUT2D eigenvalue weighted by atomic mass is 10.1. The summed E-state index contributed by atoms with van der Waals surface area (Å²) in [4.78, 5) is 23.3. The van der Waals surface area contributed by atoms with Gasteiger partial charge in [-0.1, -0.05) is 29.8 Å². The van der Waals surface area contributed by atoms with Crippen molar-refractivity contribution in [3.63, 3.8) is 0 Å². The van der Waals surface area contributed by atoms with Crippen LogP contribution in [0.4, 0.5) is 4.39 Å². The summed E-state index contributed by atoms with van der Waals surface area (Å²) in [6.07, 6.45) is 0. The molecule has 0 aliphatic carbocycles. The van der Waals surface area contributed by atoms with E-state index in [9.17, 15) is 14.0 Å². The van der Waals surface area contributed by atoms with Crippen LogP contribution in [0.15, 0.2) is 48.5 Å². The maximum Gasteiger partial charge on any atom is 0.338 e. The van der Waals surface area contributed by atoms with Crippen LogP contribution in [0.3, 0.4) is 0 Å². The first kappa shape index (κ1) is 15.7. The number of esters is 1. The van der Waals surface area contributed by atoms with Gasteiger partial charge in [0.15, 0.2) is 6.61 Å². The van der Waals surface area contributed by atoms with Crippen LogP contribution in [0.2, 0.25) is 0 Å². The predicted octanol–water partition coefficient (Wildman–Crippen LogP) is 2.61. The second-order valence-electron chi connectivity index (χ2n) is 4.85. The van der Waals surface area contributed by atoms with E-state index in [1.165, 1.54) is 12.1 Å². The van der Waals surface area contributed by atoms with E-state index in [0.717, 1.165) is 23.3 Å². The largest absolute Gasteiger partial charge is 0.452 e. The van der Waals surface area contributed by atoms with Crippen LogP contribution in [0.5, 0.6) is 0 Å².